The van der Waals surface area contributed by atoms with Crippen LogP contribution in [0.15, 0.2) is 42.5 Å². The molecule has 1 saturated heterocycles. The first-order valence-electron chi connectivity index (χ1n) is 10.9. The second kappa shape index (κ2) is 8.90. The Morgan fingerprint density at radius 2 is 1.70 bits per heavy atom. The van der Waals surface area contributed by atoms with Gasteiger partial charge < -0.3 is 15.0 Å². The largest absolute Gasteiger partial charge is 0.493 e. The summed E-state index contributed by atoms with van der Waals surface area (Å²) in [7, 11) is 0. The molecular weight excluding hydrogens is 376 g/mol. The molecule has 1 aliphatic carbocycles. The Morgan fingerprint density at radius 1 is 1.00 bits per heavy atom. The van der Waals surface area contributed by atoms with Gasteiger partial charge in [-0.2, -0.15) is 0 Å². The number of rotatable bonds is 6. The molecule has 4 rings (SSSR count). The van der Waals surface area contributed by atoms with Crippen LogP contribution in [-0.2, 0) is 0 Å². The van der Waals surface area contributed by atoms with E-state index in [0.29, 0.717) is 30.7 Å². The number of likely N-dealkylation sites (tertiary alicyclic amines) is 1. The molecule has 0 spiro atoms. The monoisotopic (exact) mass is 406 g/mol. The van der Waals surface area contributed by atoms with E-state index in [0.717, 1.165) is 54.7 Å². The molecule has 1 heterocycles. The SMILES string of the molecule is Cc1cc(C)cc(C(=O)N2CCC[C@@H](COc3ccc(C(=O)NC4CC4)cc3)C2)c1. The number of piperidine rings is 1. The van der Waals surface area contributed by atoms with Gasteiger partial charge in [-0.3, -0.25) is 9.59 Å². The van der Waals surface area contributed by atoms with Crippen molar-refractivity contribution < 1.29 is 14.3 Å². The van der Waals surface area contributed by atoms with Gasteiger partial charge in [0, 0.05) is 36.2 Å². The minimum atomic E-state index is -0.0168. The Labute approximate surface area is 178 Å². The number of nitrogens with zero attached hydrogens (tertiary/aromatic N) is 1. The van der Waals surface area contributed by atoms with E-state index >= 15 is 0 Å². The lowest BCUT2D eigenvalue weighted by Crippen LogP contribution is -2.41. The minimum absolute atomic E-state index is 0.0168. The third-order valence-corrected chi connectivity index (χ3v) is 5.79. The Kier molecular flexibility index (Phi) is 6.07. The smallest absolute Gasteiger partial charge is 0.253 e. The summed E-state index contributed by atoms with van der Waals surface area (Å²) in [6.45, 7) is 6.14. The quantitative estimate of drug-likeness (QED) is 0.785. The van der Waals surface area contributed by atoms with Crippen molar-refractivity contribution in [2.75, 3.05) is 19.7 Å². The molecule has 30 heavy (non-hydrogen) atoms. The van der Waals surface area contributed by atoms with E-state index in [4.69, 9.17) is 4.74 Å². The maximum Gasteiger partial charge on any atom is 0.253 e. The predicted octanol–water partition coefficient (Wildman–Crippen LogP) is 4.13. The van der Waals surface area contributed by atoms with Crippen LogP contribution in [0, 0.1) is 19.8 Å². The summed E-state index contributed by atoms with van der Waals surface area (Å²) in [5, 5.41) is 2.99. The van der Waals surface area contributed by atoms with Crippen molar-refractivity contribution in [3.8, 4) is 5.75 Å². The number of hydrogen-bond donors (Lipinski definition) is 1. The average molecular weight is 407 g/mol. The zero-order valence-electron chi connectivity index (χ0n) is 17.8. The molecule has 1 atom stereocenters. The number of carbonyl (C=O) groups is 2. The van der Waals surface area contributed by atoms with Gasteiger partial charge in [-0.15, -0.1) is 0 Å². The molecule has 2 aromatic rings. The molecule has 5 heteroatoms. The lowest BCUT2D eigenvalue weighted by Gasteiger charge is -2.33. The van der Waals surface area contributed by atoms with Gasteiger partial charge >= 0.3 is 0 Å². The standard InChI is InChI=1S/C25H30N2O3/c1-17-12-18(2)14-21(13-17)25(29)27-11-3-4-19(15-27)16-30-23-9-5-20(6-10-23)24(28)26-22-7-8-22/h5-6,9-10,12-14,19,22H,3-4,7-8,11,15-16H2,1-2H3,(H,26,28)/t19-/m1/s1. The molecule has 0 unspecified atom stereocenters. The third-order valence-electron chi connectivity index (χ3n) is 5.79. The van der Waals surface area contributed by atoms with Crippen LogP contribution in [0.1, 0.15) is 57.5 Å². The first-order valence-corrected chi connectivity index (χ1v) is 10.9. The Bertz CT molecular complexity index is 898. The highest BCUT2D eigenvalue weighted by Crippen LogP contribution is 2.22. The van der Waals surface area contributed by atoms with Crippen LogP contribution in [0.3, 0.4) is 0 Å². The molecule has 2 aromatic carbocycles. The van der Waals surface area contributed by atoms with E-state index in [1.54, 1.807) is 0 Å². The van der Waals surface area contributed by atoms with Crippen LogP contribution in [0.5, 0.6) is 5.75 Å². The highest BCUT2D eigenvalue weighted by Gasteiger charge is 2.26. The van der Waals surface area contributed by atoms with Crippen molar-refractivity contribution in [2.45, 2.75) is 45.6 Å². The number of benzene rings is 2. The van der Waals surface area contributed by atoms with Gasteiger partial charge in [0.2, 0.25) is 0 Å². The minimum Gasteiger partial charge on any atom is -0.493 e. The molecule has 1 N–H and O–H groups in total. The van der Waals surface area contributed by atoms with Crippen molar-refractivity contribution in [1.82, 2.24) is 10.2 Å². The Balaban J connectivity index is 1.30. The van der Waals surface area contributed by atoms with E-state index in [-0.39, 0.29) is 11.8 Å². The highest BCUT2D eigenvalue weighted by atomic mass is 16.5. The van der Waals surface area contributed by atoms with Crippen molar-refractivity contribution in [3.05, 3.63) is 64.7 Å². The molecule has 2 fully saturated rings. The first kappa shape index (κ1) is 20.5. The number of ether oxygens (including phenoxy) is 1. The van der Waals surface area contributed by atoms with E-state index in [1.165, 1.54) is 0 Å². The number of carbonyl (C=O) groups excluding carboxylic acids is 2. The van der Waals surface area contributed by atoms with Crippen LogP contribution < -0.4 is 10.1 Å². The predicted molar refractivity (Wildman–Crippen MR) is 117 cm³/mol. The van der Waals surface area contributed by atoms with Gasteiger partial charge in [0.1, 0.15) is 5.75 Å². The van der Waals surface area contributed by atoms with E-state index < -0.39 is 0 Å². The topological polar surface area (TPSA) is 58.6 Å². The van der Waals surface area contributed by atoms with Crippen molar-refractivity contribution >= 4 is 11.8 Å². The van der Waals surface area contributed by atoms with E-state index in [2.05, 4.69) is 11.4 Å². The van der Waals surface area contributed by atoms with Gasteiger partial charge in [-0.1, -0.05) is 17.2 Å². The highest BCUT2D eigenvalue weighted by molar-refractivity contribution is 5.95. The van der Waals surface area contributed by atoms with Crippen LogP contribution in [-0.4, -0.2) is 42.5 Å². The molecular formula is C25H30N2O3. The van der Waals surface area contributed by atoms with Crippen LogP contribution in [0.25, 0.3) is 0 Å². The van der Waals surface area contributed by atoms with Gasteiger partial charge in [0.15, 0.2) is 0 Å². The normalized spacial score (nSPS) is 18.7. The maximum atomic E-state index is 13.0. The number of amides is 2. The number of hydrogen-bond acceptors (Lipinski definition) is 3. The molecule has 1 aliphatic heterocycles. The Morgan fingerprint density at radius 3 is 2.37 bits per heavy atom. The van der Waals surface area contributed by atoms with Crippen LogP contribution >= 0.6 is 0 Å². The number of aryl methyl sites for hydroxylation is 2. The molecule has 0 bridgehead atoms. The van der Waals surface area contributed by atoms with Crippen LogP contribution in [0.4, 0.5) is 0 Å². The second-order valence-electron chi connectivity index (χ2n) is 8.72. The second-order valence-corrected chi connectivity index (χ2v) is 8.72. The molecule has 158 valence electrons. The van der Waals surface area contributed by atoms with Crippen molar-refractivity contribution in [1.29, 1.82) is 0 Å². The van der Waals surface area contributed by atoms with Crippen molar-refractivity contribution in [2.24, 2.45) is 5.92 Å². The van der Waals surface area contributed by atoms with Crippen molar-refractivity contribution in [3.63, 3.8) is 0 Å². The van der Waals surface area contributed by atoms with Gasteiger partial charge in [0.05, 0.1) is 6.61 Å². The molecule has 0 radical (unpaired) electrons. The first-order chi connectivity index (χ1) is 14.5. The fraction of sp³-hybridized carbons (Fsp3) is 0.440. The molecule has 1 saturated carbocycles. The van der Waals surface area contributed by atoms with Gasteiger partial charge in [-0.25, -0.2) is 0 Å². The molecule has 2 amide bonds. The summed E-state index contributed by atoms with van der Waals surface area (Å²) < 4.78 is 5.98. The fourth-order valence-corrected chi connectivity index (χ4v) is 4.08. The van der Waals surface area contributed by atoms with Crippen LogP contribution in [0.2, 0.25) is 0 Å². The Hall–Kier alpha value is -2.82. The zero-order valence-corrected chi connectivity index (χ0v) is 17.8. The summed E-state index contributed by atoms with van der Waals surface area (Å²) >= 11 is 0. The molecule has 2 aliphatic rings. The summed E-state index contributed by atoms with van der Waals surface area (Å²) in [5.41, 5.74) is 3.67. The third kappa shape index (κ3) is 5.21. The summed E-state index contributed by atoms with van der Waals surface area (Å²) in [6.07, 6.45) is 4.21. The number of nitrogens with one attached hydrogen (secondary N) is 1. The summed E-state index contributed by atoms with van der Waals surface area (Å²) in [5.74, 6) is 1.16. The lowest BCUT2D eigenvalue weighted by molar-refractivity contribution is 0.0633. The lowest BCUT2D eigenvalue weighted by atomic mass is 9.97. The molecule has 0 aromatic heterocycles. The fourth-order valence-electron chi connectivity index (χ4n) is 4.08. The average Bonchev–Trinajstić information content (AvgIpc) is 3.55. The zero-order chi connectivity index (χ0) is 21.1. The van der Waals surface area contributed by atoms with E-state index in [1.807, 2.05) is 55.1 Å². The summed E-state index contributed by atoms with van der Waals surface area (Å²) in [6, 6.07) is 13.7. The molecule has 5 nitrogen and oxygen atoms in total. The maximum absolute atomic E-state index is 13.0. The van der Waals surface area contributed by atoms with E-state index in [9.17, 15) is 9.59 Å². The van der Waals surface area contributed by atoms with Gasteiger partial charge in [0.25, 0.3) is 11.8 Å². The van der Waals surface area contributed by atoms with Gasteiger partial charge in [-0.05, 0) is 75.9 Å². The summed E-state index contributed by atoms with van der Waals surface area (Å²) in [4.78, 5) is 27.0.